The van der Waals surface area contributed by atoms with Crippen molar-refractivity contribution in [2.45, 2.75) is 12.5 Å². The average molecular weight is 427 g/mol. The Morgan fingerprint density at radius 2 is 1.72 bits per heavy atom. The van der Waals surface area contributed by atoms with Gasteiger partial charge >= 0.3 is 0 Å². The van der Waals surface area contributed by atoms with Gasteiger partial charge in [0.1, 0.15) is 23.1 Å². The standard InChI is InChI=1S/C25H21N3O4/c29-24-21(16-23-27-20-8-4-5-9-22(20)32-23)28(15-14-26-24)25(30)17-10-12-19(13-11-17)31-18-6-2-1-3-7-18/h1-13,21H,14-16H2,(H,26,29)/t21-/m1/s1. The summed E-state index contributed by atoms with van der Waals surface area (Å²) in [5, 5.41) is 2.84. The van der Waals surface area contributed by atoms with E-state index in [1.807, 2.05) is 54.6 Å². The number of hydrogen-bond acceptors (Lipinski definition) is 5. The molecule has 1 N–H and O–H groups in total. The highest BCUT2D eigenvalue weighted by Crippen LogP contribution is 2.23. The first-order valence-corrected chi connectivity index (χ1v) is 10.4. The van der Waals surface area contributed by atoms with Crippen LogP contribution in [-0.2, 0) is 11.2 Å². The maximum Gasteiger partial charge on any atom is 0.254 e. The van der Waals surface area contributed by atoms with Crippen LogP contribution in [0.4, 0.5) is 0 Å². The molecule has 7 heteroatoms. The van der Waals surface area contributed by atoms with Crippen molar-refractivity contribution in [3.8, 4) is 11.5 Å². The molecule has 2 amide bonds. The molecule has 1 saturated heterocycles. The normalized spacial score (nSPS) is 16.1. The summed E-state index contributed by atoms with van der Waals surface area (Å²) in [6.45, 7) is 0.821. The topological polar surface area (TPSA) is 84.7 Å². The van der Waals surface area contributed by atoms with Gasteiger partial charge in [-0.25, -0.2) is 4.98 Å². The first-order valence-electron chi connectivity index (χ1n) is 10.4. The molecule has 2 heterocycles. The SMILES string of the molecule is O=C1NCCN(C(=O)c2ccc(Oc3ccccc3)cc2)[C@@H]1Cc1nc2ccccc2o1. The fourth-order valence-electron chi connectivity index (χ4n) is 3.79. The highest BCUT2D eigenvalue weighted by molar-refractivity contribution is 5.98. The van der Waals surface area contributed by atoms with Crippen molar-refractivity contribution >= 4 is 22.9 Å². The molecule has 0 aliphatic carbocycles. The van der Waals surface area contributed by atoms with Crippen molar-refractivity contribution in [1.29, 1.82) is 0 Å². The monoisotopic (exact) mass is 427 g/mol. The maximum atomic E-state index is 13.2. The molecule has 1 atom stereocenters. The molecule has 0 unspecified atom stereocenters. The summed E-state index contributed by atoms with van der Waals surface area (Å²) in [4.78, 5) is 31.9. The van der Waals surface area contributed by atoms with Gasteiger partial charge in [-0.2, -0.15) is 0 Å². The number of ether oxygens (including phenoxy) is 1. The van der Waals surface area contributed by atoms with Crippen LogP contribution in [0.1, 0.15) is 16.2 Å². The lowest BCUT2D eigenvalue weighted by molar-refractivity contribution is -0.127. The molecule has 7 nitrogen and oxygen atoms in total. The van der Waals surface area contributed by atoms with Gasteiger partial charge in [-0.05, 0) is 48.5 Å². The van der Waals surface area contributed by atoms with E-state index in [1.54, 1.807) is 29.2 Å². The van der Waals surface area contributed by atoms with E-state index in [4.69, 9.17) is 9.15 Å². The van der Waals surface area contributed by atoms with Crippen LogP contribution in [0.25, 0.3) is 11.1 Å². The van der Waals surface area contributed by atoms with Crippen molar-refractivity contribution in [3.05, 3.63) is 90.3 Å². The number of carbonyl (C=O) groups is 2. The summed E-state index contributed by atoms with van der Waals surface area (Å²) in [7, 11) is 0. The van der Waals surface area contributed by atoms with Gasteiger partial charge in [-0.3, -0.25) is 9.59 Å². The Morgan fingerprint density at radius 1 is 1.00 bits per heavy atom. The van der Waals surface area contributed by atoms with Crippen LogP contribution in [0.15, 0.2) is 83.3 Å². The van der Waals surface area contributed by atoms with Crippen LogP contribution in [-0.4, -0.2) is 40.8 Å². The van der Waals surface area contributed by atoms with Crippen LogP contribution in [0, 0.1) is 0 Å². The zero-order chi connectivity index (χ0) is 21.9. The smallest absolute Gasteiger partial charge is 0.254 e. The minimum absolute atomic E-state index is 0.210. The largest absolute Gasteiger partial charge is 0.457 e. The summed E-state index contributed by atoms with van der Waals surface area (Å²) in [6.07, 6.45) is 0.210. The Bertz CT molecular complexity index is 1220. The number of para-hydroxylation sites is 3. The number of aromatic nitrogens is 1. The van der Waals surface area contributed by atoms with Crippen molar-refractivity contribution in [2.75, 3.05) is 13.1 Å². The highest BCUT2D eigenvalue weighted by atomic mass is 16.5. The van der Waals surface area contributed by atoms with Gasteiger partial charge in [0.05, 0.1) is 6.42 Å². The highest BCUT2D eigenvalue weighted by Gasteiger charge is 2.35. The molecule has 1 aromatic heterocycles. The van der Waals surface area contributed by atoms with Gasteiger partial charge in [0.2, 0.25) is 5.91 Å². The minimum Gasteiger partial charge on any atom is -0.457 e. The van der Waals surface area contributed by atoms with Crippen molar-refractivity contribution in [1.82, 2.24) is 15.2 Å². The molecule has 0 spiro atoms. The zero-order valence-electron chi connectivity index (χ0n) is 17.2. The van der Waals surface area contributed by atoms with E-state index in [-0.39, 0.29) is 18.2 Å². The molecular formula is C25H21N3O4. The van der Waals surface area contributed by atoms with Gasteiger partial charge in [-0.15, -0.1) is 0 Å². The third-order valence-electron chi connectivity index (χ3n) is 5.38. The summed E-state index contributed by atoms with van der Waals surface area (Å²) in [6, 6.07) is 23.1. The molecule has 3 aromatic carbocycles. The Morgan fingerprint density at radius 3 is 2.50 bits per heavy atom. The molecule has 32 heavy (non-hydrogen) atoms. The van der Waals surface area contributed by atoms with E-state index in [9.17, 15) is 9.59 Å². The molecule has 0 bridgehead atoms. The number of fused-ring (bicyclic) bond motifs is 1. The van der Waals surface area contributed by atoms with Crippen LogP contribution < -0.4 is 10.1 Å². The first kappa shape index (κ1) is 19.8. The lowest BCUT2D eigenvalue weighted by Crippen LogP contribution is -2.58. The molecule has 4 aromatic rings. The number of oxazole rings is 1. The second-order valence-corrected chi connectivity index (χ2v) is 7.52. The lowest BCUT2D eigenvalue weighted by atomic mass is 10.1. The number of nitrogens with one attached hydrogen (secondary N) is 1. The third-order valence-corrected chi connectivity index (χ3v) is 5.38. The zero-order valence-corrected chi connectivity index (χ0v) is 17.2. The second-order valence-electron chi connectivity index (χ2n) is 7.52. The minimum atomic E-state index is -0.690. The van der Waals surface area contributed by atoms with E-state index in [2.05, 4.69) is 10.3 Å². The Balaban J connectivity index is 1.34. The van der Waals surface area contributed by atoms with E-state index in [0.29, 0.717) is 35.9 Å². The molecule has 1 aliphatic heterocycles. The van der Waals surface area contributed by atoms with Crippen LogP contribution >= 0.6 is 0 Å². The van der Waals surface area contributed by atoms with Gasteiger partial charge in [0.15, 0.2) is 11.5 Å². The van der Waals surface area contributed by atoms with Crippen molar-refractivity contribution in [3.63, 3.8) is 0 Å². The Labute approximate surface area is 184 Å². The average Bonchev–Trinajstić information content (AvgIpc) is 3.24. The van der Waals surface area contributed by atoms with E-state index >= 15 is 0 Å². The summed E-state index contributed by atoms with van der Waals surface area (Å²) in [5.41, 5.74) is 1.87. The molecule has 5 rings (SSSR count). The van der Waals surface area contributed by atoms with Gasteiger partial charge in [0.25, 0.3) is 5.91 Å². The van der Waals surface area contributed by atoms with Crippen LogP contribution in [0.5, 0.6) is 11.5 Å². The number of rotatable bonds is 5. The van der Waals surface area contributed by atoms with E-state index < -0.39 is 6.04 Å². The summed E-state index contributed by atoms with van der Waals surface area (Å²) >= 11 is 0. The summed E-state index contributed by atoms with van der Waals surface area (Å²) < 4.78 is 11.6. The molecule has 160 valence electrons. The van der Waals surface area contributed by atoms with Crippen LogP contribution in [0.2, 0.25) is 0 Å². The fourth-order valence-corrected chi connectivity index (χ4v) is 3.79. The Hall–Kier alpha value is -4.13. The van der Waals surface area contributed by atoms with Crippen molar-refractivity contribution in [2.24, 2.45) is 0 Å². The molecule has 0 radical (unpaired) electrons. The number of carbonyl (C=O) groups excluding carboxylic acids is 2. The lowest BCUT2D eigenvalue weighted by Gasteiger charge is -2.34. The predicted molar refractivity (Wildman–Crippen MR) is 119 cm³/mol. The summed E-state index contributed by atoms with van der Waals surface area (Å²) in [5.74, 6) is 1.35. The quantitative estimate of drug-likeness (QED) is 0.524. The fraction of sp³-hybridized carbons (Fsp3) is 0.160. The molecular weight excluding hydrogens is 406 g/mol. The van der Waals surface area contributed by atoms with E-state index in [0.717, 1.165) is 11.3 Å². The number of benzene rings is 3. The van der Waals surface area contributed by atoms with Crippen molar-refractivity contribution < 1.29 is 18.7 Å². The molecule has 1 fully saturated rings. The van der Waals surface area contributed by atoms with Gasteiger partial charge in [0, 0.05) is 18.7 Å². The second kappa shape index (κ2) is 8.55. The first-order chi connectivity index (χ1) is 15.7. The number of amides is 2. The molecule has 1 aliphatic rings. The van der Waals surface area contributed by atoms with Gasteiger partial charge in [-0.1, -0.05) is 30.3 Å². The van der Waals surface area contributed by atoms with E-state index in [1.165, 1.54) is 0 Å². The van der Waals surface area contributed by atoms with Crippen LogP contribution in [0.3, 0.4) is 0 Å². The number of nitrogens with zero attached hydrogens (tertiary/aromatic N) is 2. The number of hydrogen-bond donors (Lipinski definition) is 1. The maximum absolute atomic E-state index is 13.2. The third kappa shape index (κ3) is 4.05. The Kier molecular flexibility index (Phi) is 5.29. The number of piperazine rings is 1. The molecule has 0 saturated carbocycles. The predicted octanol–water partition coefficient (Wildman–Crippen LogP) is 3.80. The van der Waals surface area contributed by atoms with Gasteiger partial charge < -0.3 is 19.4 Å².